The number of phenolic OH excluding ortho intramolecular Hbond substituents is 1. The van der Waals surface area contributed by atoms with Crippen LogP contribution in [0.25, 0.3) is 0 Å². The van der Waals surface area contributed by atoms with E-state index in [9.17, 15) is 27.6 Å². The van der Waals surface area contributed by atoms with Gasteiger partial charge in [0, 0.05) is 32.4 Å². The monoisotopic (exact) mass is 718 g/mol. The Hall–Kier alpha value is -6.61. The number of rotatable bonds is 7. The van der Waals surface area contributed by atoms with E-state index in [1.165, 1.54) is 123 Å². The third-order valence-corrected chi connectivity index (χ3v) is 5.81. The largest absolute Gasteiger partial charge is 0.508 e. The number of hydrogen-bond donors (Lipinski definition) is 1. The summed E-state index contributed by atoms with van der Waals surface area (Å²) in [7, 11) is 0. The molecule has 260 valence electrons. The van der Waals surface area contributed by atoms with Gasteiger partial charge in [0.2, 0.25) is 5.28 Å². The van der Waals surface area contributed by atoms with Crippen molar-refractivity contribution in [3.8, 4) is 29.3 Å². The lowest BCUT2D eigenvalue weighted by Gasteiger charge is -2.03. The van der Waals surface area contributed by atoms with Crippen LogP contribution in [0.5, 0.6) is 29.3 Å². The average molecular weight is 719 g/mol. The maximum absolute atomic E-state index is 12.7. The van der Waals surface area contributed by atoms with Crippen molar-refractivity contribution in [1.82, 2.24) is 29.9 Å². The molecule has 0 atom stereocenters. The number of Topliss-reactive ketones (excluding diaryl/α,β-unsaturated/α-hetero) is 2. The molecule has 51 heavy (non-hydrogen) atoms. The molecule has 0 amide bonds. The zero-order valence-electron chi connectivity index (χ0n) is 26.7. The van der Waals surface area contributed by atoms with Gasteiger partial charge in [0.15, 0.2) is 17.9 Å². The lowest BCUT2D eigenvalue weighted by Crippen LogP contribution is -1.99. The van der Waals surface area contributed by atoms with Gasteiger partial charge in [0.1, 0.15) is 51.8 Å². The number of carbonyl (C=O) groups is 3. The molecule has 0 bridgehead atoms. The molecular weight excluding hydrogens is 693 g/mol. The van der Waals surface area contributed by atoms with Crippen LogP contribution in [0.1, 0.15) is 45.3 Å². The number of ether oxygens (including phenoxy) is 2. The van der Waals surface area contributed by atoms with Crippen LogP contribution in [-0.4, -0.2) is 52.9 Å². The van der Waals surface area contributed by atoms with Crippen LogP contribution in [0.15, 0.2) is 110 Å². The number of ketones is 2. The molecule has 6 rings (SSSR count). The van der Waals surface area contributed by atoms with Crippen molar-refractivity contribution in [2.24, 2.45) is 0 Å². The summed E-state index contributed by atoms with van der Waals surface area (Å²) < 4.78 is 47.8. The standard InChI is InChI=1S/C12H9FN2O2.C11H7FN2O2.C6H5ClN2O.C6H5FO/c1-8(16)11-6-7-14-12(15-11)17-10-4-2-9(13)3-5-10;12-8-1-3-10(4-2-8)16-11-13-6-5-9(7-15)14-11;1-4(10)5-2-3-8-6(7)9-5;7-5-1-3-6(8)4-2-5/h2-7H,1H3;1-7H;2-3H,1H3;1-4,8H. The molecule has 1 N–H and O–H groups in total. The van der Waals surface area contributed by atoms with Gasteiger partial charge in [-0.2, -0.15) is 9.97 Å². The first-order valence-corrected chi connectivity index (χ1v) is 14.7. The van der Waals surface area contributed by atoms with E-state index in [0.29, 0.717) is 23.5 Å². The van der Waals surface area contributed by atoms with Crippen molar-refractivity contribution in [2.75, 3.05) is 0 Å². The number of aromatic nitrogens is 6. The van der Waals surface area contributed by atoms with Crippen molar-refractivity contribution >= 4 is 29.5 Å². The topological polar surface area (TPSA) is 167 Å². The van der Waals surface area contributed by atoms with Crippen LogP contribution in [-0.2, 0) is 0 Å². The van der Waals surface area contributed by atoms with Crippen molar-refractivity contribution in [3.63, 3.8) is 0 Å². The van der Waals surface area contributed by atoms with Gasteiger partial charge >= 0.3 is 12.0 Å². The van der Waals surface area contributed by atoms with Crippen LogP contribution in [0, 0.1) is 17.5 Å². The maximum atomic E-state index is 12.7. The van der Waals surface area contributed by atoms with Crippen molar-refractivity contribution in [2.45, 2.75) is 13.8 Å². The van der Waals surface area contributed by atoms with Gasteiger partial charge in [-0.3, -0.25) is 14.4 Å². The minimum atomic E-state index is -0.352. The van der Waals surface area contributed by atoms with E-state index in [-0.39, 0.29) is 63.5 Å². The van der Waals surface area contributed by atoms with E-state index in [0.717, 1.165) is 0 Å². The second kappa shape index (κ2) is 20.0. The zero-order chi connectivity index (χ0) is 37.2. The minimum Gasteiger partial charge on any atom is -0.508 e. The smallest absolute Gasteiger partial charge is 0.322 e. The summed E-state index contributed by atoms with van der Waals surface area (Å²) in [5, 5.41) is 8.69. The molecule has 0 fully saturated rings. The lowest BCUT2D eigenvalue weighted by molar-refractivity contribution is 0.1000. The Bertz CT molecular complexity index is 2020. The fraction of sp³-hybridized carbons (Fsp3) is 0.0571. The Labute approximate surface area is 293 Å². The predicted molar refractivity (Wildman–Crippen MR) is 178 cm³/mol. The summed E-state index contributed by atoms with van der Waals surface area (Å²) in [5.41, 5.74) is 0.851. The highest BCUT2D eigenvalue weighted by Crippen LogP contribution is 2.19. The molecule has 6 aromatic rings. The van der Waals surface area contributed by atoms with E-state index >= 15 is 0 Å². The van der Waals surface area contributed by atoms with Crippen LogP contribution in [0.4, 0.5) is 13.2 Å². The highest BCUT2D eigenvalue weighted by Gasteiger charge is 2.06. The first kappa shape index (κ1) is 38.8. The van der Waals surface area contributed by atoms with Gasteiger partial charge < -0.3 is 14.6 Å². The minimum absolute atomic E-state index is 0.0520. The Kier molecular flexibility index (Phi) is 15.3. The van der Waals surface area contributed by atoms with Crippen molar-refractivity contribution < 1.29 is 42.1 Å². The summed E-state index contributed by atoms with van der Waals surface area (Å²) in [5.74, 6) is -0.405. The van der Waals surface area contributed by atoms with E-state index in [1.807, 2.05) is 0 Å². The second-order valence-corrected chi connectivity index (χ2v) is 9.86. The maximum Gasteiger partial charge on any atom is 0.322 e. The van der Waals surface area contributed by atoms with Gasteiger partial charge in [-0.1, -0.05) is 0 Å². The SMILES string of the molecule is CC(=O)c1ccnc(Cl)n1.CC(=O)c1ccnc(Oc2ccc(F)cc2)n1.O=Cc1ccnc(Oc2ccc(F)cc2)n1.Oc1ccc(F)cc1. The molecule has 3 aromatic carbocycles. The lowest BCUT2D eigenvalue weighted by atomic mass is 10.3. The zero-order valence-corrected chi connectivity index (χ0v) is 27.4. The molecule has 0 unspecified atom stereocenters. The number of benzene rings is 3. The van der Waals surface area contributed by atoms with Crippen molar-refractivity contribution in [3.05, 3.63) is 149 Å². The number of phenols is 1. The van der Waals surface area contributed by atoms with Crippen LogP contribution in [0.3, 0.4) is 0 Å². The molecule has 0 aliphatic carbocycles. The summed E-state index contributed by atoms with van der Waals surface area (Å²) in [4.78, 5) is 54.9. The second-order valence-electron chi connectivity index (χ2n) is 9.52. The van der Waals surface area contributed by atoms with Gasteiger partial charge in [0.25, 0.3) is 0 Å². The van der Waals surface area contributed by atoms with Gasteiger partial charge in [-0.25, -0.2) is 33.1 Å². The number of nitrogens with zero attached hydrogens (tertiary/aromatic N) is 6. The molecule has 0 aliphatic rings. The van der Waals surface area contributed by atoms with Gasteiger partial charge in [0.05, 0.1) is 0 Å². The Morgan fingerprint density at radius 3 is 1.43 bits per heavy atom. The normalized spacial score (nSPS) is 9.69. The summed E-state index contributed by atoms with van der Waals surface area (Å²) in [6.07, 6.45) is 4.89. The van der Waals surface area contributed by atoms with Gasteiger partial charge in [-0.05, 0) is 103 Å². The molecule has 0 aliphatic heterocycles. The van der Waals surface area contributed by atoms with E-state index in [2.05, 4.69) is 29.9 Å². The van der Waals surface area contributed by atoms with E-state index in [1.54, 1.807) is 0 Å². The Morgan fingerprint density at radius 1 is 0.608 bits per heavy atom. The highest BCUT2D eigenvalue weighted by atomic mass is 35.5. The number of aldehydes is 1. The molecule has 12 nitrogen and oxygen atoms in total. The van der Waals surface area contributed by atoms with E-state index < -0.39 is 0 Å². The molecule has 16 heteroatoms. The highest BCUT2D eigenvalue weighted by molar-refractivity contribution is 6.28. The quantitative estimate of drug-likeness (QED) is 0.0972. The molecular formula is C35H26ClF3N6O6. The van der Waals surface area contributed by atoms with E-state index in [4.69, 9.17) is 26.2 Å². The number of aromatic hydroxyl groups is 1. The molecule has 3 heterocycles. The Balaban J connectivity index is 0.000000191. The molecule has 0 saturated carbocycles. The number of hydrogen-bond acceptors (Lipinski definition) is 12. The molecule has 3 aromatic heterocycles. The third kappa shape index (κ3) is 14.6. The average Bonchev–Trinajstić information content (AvgIpc) is 3.12. The third-order valence-electron chi connectivity index (χ3n) is 5.63. The fourth-order valence-corrected chi connectivity index (χ4v) is 3.39. The Morgan fingerprint density at radius 2 is 1.02 bits per heavy atom. The van der Waals surface area contributed by atoms with Crippen molar-refractivity contribution in [1.29, 1.82) is 0 Å². The first-order chi connectivity index (χ1) is 24.4. The van der Waals surface area contributed by atoms with Crippen LogP contribution >= 0.6 is 11.6 Å². The molecule has 0 radical (unpaired) electrons. The van der Waals surface area contributed by atoms with Crippen LogP contribution in [0.2, 0.25) is 5.28 Å². The number of carbonyl (C=O) groups excluding carboxylic acids is 3. The summed E-state index contributed by atoms with van der Waals surface area (Å²) in [6, 6.07) is 20.5. The first-order valence-electron chi connectivity index (χ1n) is 14.3. The number of halogens is 4. The summed E-state index contributed by atoms with van der Waals surface area (Å²) in [6.45, 7) is 2.84. The van der Waals surface area contributed by atoms with Crippen LogP contribution < -0.4 is 9.47 Å². The molecule has 0 spiro atoms. The molecule has 0 saturated heterocycles. The van der Waals surface area contributed by atoms with Gasteiger partial charge in [-0.15, -0.1) is 0 Å². The fourth-order valence-electron chi connectivity index (χ4n) is 3.24. The predicted octanol–water partition coefficient (Wildman–Crippen LogP) is 7.70. The summed E-state index contributed by atoms with van der Waals surface area (Å²) >= 11 is 5.41.